The molecule has 0 bridgehead atoms. The van der Waals surface area contributed by atoms with E-state index in [9.17, 15) is 13.2 Å². The minimum absolute atomic E-state index is 0.146. The minimum Gasteiger partial charge on any atom is -0.289 e. The van der Waals surface area contributed by atoms with Gasteiger partial charge in [0.05, 0.1) is 4.90 Å². The molecule has 0 aliphatic heterocycles. The third-order valence-corrected chi connectivity index (χ3v) is 5.38. The normalized spacial score (nSPS) is 11.4. The van der Waals surface area contributed by atoms with Crippen LogP contribution in [0.15, 0.2) is 89.8 Å². The fourth-order valence-electron chi connectivity index (χ4n) is 2.47. The van der Waals surface area contributed by atoms with Crippen LogP contribution in [0, 0.1) is 6.92 Å². The summed E-state index contributed by atoms with van der Waals surface area (Å²) in [6.07, 6.45) is 3.25. The Balaban J connectivity index is 1.70. The quantitative estimate of drug-likeness (QED) is 0.501. The highest BCUT2D eigenvalue weighted by Gasteiger charge is 2.14. The lowest BCUT2D eigenvalue weighted by Gasteiger charge is -2.08. The summed E-state index contributed by atoms with van der Waals surface area (Å²) in [6.45, 7) is 1.89. The Morgan fingerprint density at radius 2 is 1.48 bits per heavy atom. The Hall–Kier alpha value is -3.18. The summed E-state index contributed by atoms with van der Waals surface area (Å²) in [4.78, 5) is 12.4. The summed E-state index contributed by atoms with van der Waals surface area (Å²) in [7, 11) is -3.66. The van der Waals surface area contributed by atoms with Gasteiger partial charge in [0, 0.05) is 11.3 Å². The molecule has 3 aromatic rings. The number of allylic oxidation sites excluding steroid dienone is 1. The van der Waals surface area contributed by atoms with E-state index in [0.717, 1.165) is 11.1 Å². The number of carbonyl (C=O) groups excluding carboxylic acids is 1. The summed E-state index contributed by atoms with van der Waals surface area (Å²) in [5, 5.41) is 0. The molecule has 0 saturated carbocycles. The van der Waals surface area contributed by atoms with E-state index < -0.39 is 10.0 Å². The third kappa shape index (κ3) is 4.92. The SMILES string of the molecule is Cc1ccc(S(=O)(=O)Nc2ccc(C(=O)/C=C/c3ccccc3)cc2)cc1. The van der Waals surface area contributed by atoms with Crippen LogP contribution in [0.1, 0.15) is 21.5 Å². The number of rotatable bonds is 6. The van der Waals surface area contributed by atoms with Gasteiger partial charge in [-0.1, -0.05) is 54.1 Å². The maximum absolute atomic E-state index is 12.4. The van der Waals surface area contributed by atoms with Crippen LogP contribution in [-0.2, 0) is 10.0 Å². The van der Waals surface area contributed by atoms with Crippen molar-refractivity contribution in [1.29, 1.82) is 0 Å². The Morgan fingerprint density at radius 1 is 0.852 bits per heavy atom. The van der Waals surface area contributed by atoms with Gasteiger partial charge in [0.25, 0.3) is 10.0 Å². The van der Waals surface area contributed by atoms with Crippen LogP contribution in [0.5, 0.6) is 0 Å². The molecule has 0 aliphatic rings. The lowest BCUT2D eigenvalue weighted by Crippen LogP contribution is -2.13. The zero-order valence-corrected chi connectivity index (χ0v) is 15.6. The maximum atomic E-state index is 12.4. The molecule has 0 spiro atoms. The van der Waals surface area contributed by atoms with E-state index in [2.05, 4.69) is 4.72 Å². The molecule has 0 saturated heterocycles. The predicted octanol–water partition coefficient (Wildman–Crippen LogP) is 4.69. The molecule has 0 radical (unpaired) electrons. The number of aryl methyl sites for hydroxylation is 1. The molecular formula is C22H19NO3S. The molecule has 0 atom stereocenters. The number of nitrogens with one attached hydrogen (secondary N) is 1. The van der Waals surface area contributed by atoms with Crippen molar-refractivity contribution in [2.75, 3.05) is 4.72 Å². The van der Waals surface area contributed by atoms with Gasteiger partial charge in [0.15, 0.2) is 5.78 Å². The average molecular weight is 377 g/mol. The van der Waals surface area contributed by atoms with Gasteiger partial charge in [-0.2, -0.15) is 0 Å². The molecule has 1 N–H and O–H groups in total. The molecular weight excluding hydrogens is 358 g/mol. The van der Waals surface area contributed by atoms with Gasteiger partial charge >= 0.3 is 0 Å². The van der Waals surface area contributed by atoms with Gasteiger partial charge in [-0.05, 0) is 55.0 Å². The van der Waals surface area contributed by atoms with E-state index >= 15 is 0 Å². The van der Waals surface area contributed by atoms with Gasteiger partial charge in [0.1, 0.15) is 0 Å². The van der Waals surface area contributed by atoms with E-state index in [-0.39, 0.29) is 10.7 Å². The zero-order valence-electron chi connectivity index (χ0n) is 14.8. The summed E-state index contributed by atoms with van der Waals surface area (Å²) in [6, 6.07) is 22.5. The molecule has 0 aromatic heterocycles. The summed E-state index contributed by atoms with van der Waals surface area (Å²) < 4.78 is 27.3. The van der Waals surface area contributed by atoms with Crippen molar-refractivity contribution in [2.24, 2.45) is 0 Å². The van der Waals surface area contributed by atoms with E-state index in [0.29, 0.717) is 11.3 Å². The van der Waals surface area contributed by atoms with Crippen LogP contribution in [-0.4, -0.2) is 14.2 Å². The molecule has 0 unspecified atom stereocenters. The summed E-state index contributed by atoms with van der Waals surface area (Å²) in [5.74, 6) is -0.146. The summed E-state index contributed by atoms with van der Waals surface area (Å²) in [5.41, 5.74) is 2.81. The Bertz CT molecular complexity index is 1050. The first-order valence-electron chi connectivity index (χ1n) is 8.41. The van der Waals surface area contributed by atoms with Crippen molar-refractivity contribution in [3.63, 3.8) is 0 Å². The molecule has 3 rings (SSSR count). The zero-order chi connectivity index (χ0) is 19.3. The largest absolute Gasteiger partial charge is 0.289 e. The van der Waals surface area contributed by atoms with Crippen LogP contribution in [0.2, 0.25) is 0 Å². The average Bonchev–Trinajstić information content (AvgIpc) is 2.67. The Kier molecular flexibility index (Phi) is 5.52. The lowest BCUT2D eigenvalue weighted by molar-refractivity contribution is 0.104. The van der Waals surface area contributed by atoms with E-state index in [1.54, 1.807) is 54.6 Å². The van der Waals surface area contributed by atoms with Crippen molar-refractivity contribution in [2.45, 2.75) is 11.8 Å². The topological polar surface area (TPSA) is 63.2 Å². The first kappa shape index (κ1) is 18.6. The number of hydrogen-bond acceptors (Lipinski definition) is 3. The maximum Gasteiger partial charge on any atom is 0.261 e. The van der Waals surface area contributed by atoms with Crippen LogP contribution < -0.4 is 4.72 Å². The van der Waals surface area contributed by atoms with Crippen molar-refractivity contribution in [1.82, 2.24) is 0 Å². The molecule has 0 fully saturated rings. The monoisotopic (exact) mass is 377 g/mol. The minimum atomic E-state index is -3.66. The van der Waals surface area contributed by atoms with E-state index in [1.165, 1.54) is 6.08 Å². The van der Waals surface area contributed by atoms with Crippen LogP contribution in [0.4, 0.5) is 5.69 Å². The third-order valence-electron chi connectivity index (χ3n) is 3.98. The van der Waals surface area contributed by atoms with Crippen molar-refractivity contribution in [3.8, 4) is 0 Å². The van der Waals surface area contributed by atoms with E-state index in [1.807, 2.05) is 37.3 Å². The number of ketones is 1. The predicted molar refractivity (Wildman–Crippen MR) is 108 cm³/mol. The molecule has 4 nitrogen and oxygen atoms in total. The number of benzene rings is 3. The Morgan fingerprint density at radius 3 is 2.11 bits per heavy atom. The first-order chi connectivity index (χ1) is 12.9. The van der Waals surface area contributed by atoms with Gasteiger partial charge in [-0.25, -0.2) is 8.42 Å². The highest BCUT2D eigenvalue weighted by Crippen LogP contribution is 2.17. The second-order valence-corrected chi connectivity index (χ2v) is 7.79. The number of anilines is 1. The summed E-state index contributed by atoms with van der Waals surface area (Å²) >= 11 is 0. The highest BCUT2D eigenvalue weighted by molar-refractivity contribution is 7.92. The number of carbonyl (C=O) groups is 1. The van der Waals surface area contributed by atoms with Crippen molar-refractivity contribution >= 4 is 27.6 Å². The molecule has 0 amide bonds. The van der Waals surface area contributed by atoms with Crippen molar-refractivity contribution < 1.29 is 13.2 Å². The standard InChI is InChI=1S/C22H19NO3S/c1-17-7-14-21(15-8-17)27(25,26)23-20-12-10-19(11-13-20)22(24)16-9-18-5-3-2-4-6-18/h2-16,23H,1H3/b16-9+. The first-order valence-corrected chi connectivity index (χ1v) is 9.89. The number of hydrogen-bond donors (Lipinski definition) is 1. The Labute approximate surface area is 159 Å². The van der Waals surface area contributed by atoms with Crippen LogP contribution in [0.25, 0.3) is 6.08 Å². The fourth-order valence-corrected chi connectivity index (χ4v) is 3.52. The molecule has 0 aliphatic carbocycles. The van der Waals surface area contributed by atoms with Crippen LogP contribution in [0.3, 0.4) is 0 Å². The number of sulfonamides is 1. The van der Waals surface area contributed by atoms with Gasteiger partial charge in [-0.3, -0.25) is 9.52 Å². The van der Waals surface area contributed by atoms with E-state index in [4.69, 9.17) is 0 Å². The van der Waals surface area contributed by atoms with Gasteiger partial charge in [0.2, 0.25) is 0 Å². The molecule has 27 heavy (non-hydrogen) atoms. The lowest BCUT2D eigenvalue weighted by atomic mass is 10.1. The van der Waals surface area contributed by atoms with Gasteiger partial charge in [-0.15, -0.1) is 0 Å². The van der Waals surface area contributed by atoms with Crippen LogP contribution >= 0.6 is 0 Å². The second kappa shape index (κ2) is 8.01. The smallest absolute Gasteiger partial charge is 0.261 e. The molecule has 5 heteroatoms. The highest BCUT2D eigenvalue weighted by atomic mass is 32.2. The molecule has 0 heterocycles. The van der Waals surface area contributed by atoms with Gasteiger partial charge < -0.3 is 0 Å². The molecule has 3 aromatic carbocycles. The van der Waals surface area contributed by atoms with Crippen molar-refractivity contribution in [3.05, 3.63) is 102 Å². The second-order valence-electron chi connectivity index (χ2n) is 6.10. The molecule has 136 valence electrons. The fraction of sp³-hybridized carbons (Fsp3) is 0.0455.